The second-order valence-electron chi connectivity index (χ2n) is 9.95. The van der Waals surface area contributed by atoms with Crippen LogP contribution in [-0.2, 0) is 16.1 Å². The second kappa shape index (κ2) is 14.3. The van der Waals surface area contributed by atoms with Crippen LogP contribution in [0.1, 0.15) is 36.6 Å². The molecule has 4 aromatic rings. The highest BCUT2D eigenvalue weighted by Gasteiger charge is 2.35. The van der Waals surface area contributed by atoms with Gasteiger partial charge in [-0.25, -0.2) is 9.79 Å². The number of esters is 1. The maximum absolute atomic E-state index is 14.3. The summed E-state index contributed by atoms with van der Waals surface area (Å²) >= 11 is 17.1. The smallest absolute Gasteiger partial charge is 0.338 e. The quantitative estimate of drug-likeness (QED) is 0.172. The molecule has 2 heterocycles. The van der Waals surface area contributed by atoms with Gasteiger partial charge in [0.2, 0.25) is 0 Å². The summed E-state index contributed by atoms with van der Waals surface area (Å²) in [5.74, 6) is 1.25. The van der Waals surface area contributed by atoms with Crippen molar-refractivity contribution in [2.24, 2.45) is 4.99 Å². The molecule has 0 saturated heterocycles. The fraction of sp³-hybridized carbons (Fsp3) is 0.242. The number of nitrogens with zero attached hydrogens (tertiary/aromatic N) is 2. The van der Waals surface area contributed by atoms with Gasteiger partial charge in [0.1, 0.15) is 6.61 Å². The number of benzene rings is 3. The molecule has 13 heteroatoms. The molecule has 0 N–H and O–H groups in total. The first-order chi connectivity index (χ1) is 22.1. The number of hydrogen-bond acceptors (Lipinski definition) is 9. The van der Waals surface area contributed by atoms with Crippen LogP contribution < -0.4 is 33.8 Å². The first kappa shape index (κ1) is 33.6. The molecule has 0 amide bonds. The summed E-state index contributed by atoms with van der Waals surface area (Å²) in [6.07, 6.45) is 1.72. The van der Waals surface area contributed by atoms with Crippen molar-refractivity contribution in [3.05, 3.63) is 111 Å². The van der Waals surface area contributed by atoms with Crippen LogP contribution in [0, 0.1) is 0 Å². The molecule has 1 aromatic heterocycles. The number of methoxy groups -OCH3 is 3. The van der Waals surface area contributed by atoms with E-state index in [-0.39, 0.29) is 24.3 Å². The Bertz CT molecular complexity index is 2040. The summed E-state index contributed by atoms with van der Waals surface area (Å²) in [5.41, 5.74) is 2.31. The van der Waals surface area contributed by atoms with Crippen molar-refractivity contribution in [2.45, 2.75) is 26.5 Å². The third-order valence-corrected chi connectivity index (χ3v) is 9.61. The molecule has 1 atom stereocenters. The maximum Gasteiger partial charge on any atom is 0.338 e. The Morgan fingerprint density at radius 1 is 1.02 bits per heavy atom. The Morgan fingerprint density at radius 2 is 1.74 bits per heavy atom. The third-order valence-electron chi connectivity index (χ3n) is 7.20. The highest BCUT2D eigenvalue weighted by Crippen LogP contribution is 2.41. The van der Waals surface area contributed by atoms with Crippen molar-refractivity contribution in [2.75, 3.05) is 27.9 Å². The van der Waals surface area contributed by atoms with Gasteiger partial charge in [-0.2, -0.15) is 0 Å². The van der Waals surface area contributed by atoms with Gasteiger partial charge in [0.15, 0.2) is 27.8 Å². The Morgan fingerprint density at radius 3 is 2.41 bits per heavy atom. The Balaban J connectivity index is 1.68. The molecule has 0 unspecified atom stereocenters. The topological polar surface area (TPSA) is 97.6 Å². The number of ether oxygens (including phenoxy) is 5. The highest BCUT2D eigenvalue weighted by atomic mass is 79.9. The van der Waals surface area contributed by atoms with Crippen molar-refractivity contribution in [3.63, 3.8) is 0 Å². The van der Waals surface area contributed by atoms with Crippen molar-refractivity contribution in [1.29, 1.82) is 0 Å². The van der Waals surface area contributed by atoms with Gasteiger partial charge in [0.05, 0.1) is 59.8 Å². The first-order valence-electron chi connectivity index (χ1n) is 14.0. The average molecular weight is 748 g/mol. The molecule has 0 saturated carbocycles. The number of allylic oxidation sites excluding steroid dienone is 1. The SMILES string of the molecule is CCOC(=O)C1=C(C)N=c2s/c(=C\c3cccc(OC)c3OCc3ccc(Cl)c(Cl)c3)c(=O)n2[C@H]1c1cc(OC)c(OC)cc1Br. The molecule has 0 bridgehead atoms. The zero-order valence-electron chi connectivity index (χ0n) is 25.5. The fourth-order valence-corrected chi connectivity index (χ4v) is 6.95. The lowest BCUT2D eigenvalue weighted by Crippen LogP contribution is -2.40. The molecule has 46 heavy (non-hydrogen) atoms. The monoisotopic (exact) mass is 746 g/mol. The maximum atomic E-state index is 14.3. The van der Waals surface area contributed by atoms with Crippen LogP contribution in [0.3, 0.4) is 0 Å². The number of fused-ring (bicyclic) bond motifs is 1. The van der Waals surface area contributed by atoms with Gasteiger partial charge >= 0.3 is 5.97 Å². The average Bonchev–Trinajstić information content (AvgIpc) is 3.34. The van der Waals surface area contributed by atoms with Crippen molar-refractivity contribution in [3.8, 4) is 23.0 Å². The summed E-state index contributed by atoms with van der Waals surface area (Å²) in [6, 6.07) is 13.2. The molecule has 240 valence electrons. The van der Waals surface area contributed by atoms with E-state index in [0.717, 1.165) is 5.56 Å². The van der Waals surface area contributed by atoms with Gasteiger partial charge in [-0.05, 0) is 61.4 Å². The van der Waals surface area contributed by atoms with E-state index in [1.54, 1.807) is 63.4 Å². The number of aromatic nitrogens is 1. The summed E-state index contributed by atoms with van der Waals surface area (Å²) in [5, 5.41) is 0.857. The van der Waals surface area contributed by atoms with Gasteiger partial charge in [0, 0.05) is 10.0 Å². The van der Waals surface area contributed by atoms with Crippen LogP contribution in [0.15, 0.2) is 74.1 Å². The Labute approximate surface area is 287 Å². The molecular weight excluding hydrogens is 719 g/mol. The molecule has 0 aliphatic carbocycles. The van der Waals surface area contributed by atoms with Crippen molar-refractivity contribution in [1.82, 2.24) is 4.57 Å². The molecular formula is C33H29BrCl2N2O7S. The van der Waals surface area contributed by atoms with Crippen LogP contribution in [-0.4, -0.2) is 38.5 Å². The first-order valence-corrected chi connectivity index (χ1v) is 16.3. The number of carbonyl (C=O) groups excluding carboxylic acids is 1. The van der Waals surface area contributed by atoms with Crippen LogP contribution in [0.2, 0.25) is 10.0 Å². The molecule has 0 fully saturated rings. The van der Waals surface area contributed by atoms with Crippen LogP contribution in [0.25, 0.3) is 6.08 Å². The molecule has 1 aliphatic rings. The number of thiazole rings is 1. The number of para-hydroxylation sites is 1. The van der Waals surface area contributed by atoms with E-state index >= 15 is 0 Å². The summed E-state index contributed by atoms with van der Waals surface area (Å²) in [4.78, 5) is 32.7. The van der Waals surface area contributed by atoms with Gasteiger partial charge in [-0.15, -0.1) is 0 Å². The zero-order chi connectivity index (χ0) is 33.1. The van der Waals surface area contributed by atoms with Gasteiger partial charge < -0.3 is 23.7 Å². The van der Waals surface area contributed by atoms with E-state index in [2.05, 4.69) is 20.9 Å². The Kier molecular flexibility index (Phi) is 10.5. The minimum atomic E-state index is -0.873. The van der Waals surface area contributed by atoms with E-state index in [9.17, 15) is 9.59 Å². The molecule has 3 aromatic carbocycles. The number of halogens is 3. The lowest BCUT2D eigenvalue weighted by Gasteiger charge is -2.26. The van der Waals surface area contributed by atoms with Gasteiger partial charge in [0.25, 0.3) is 5.56 Å². The fourth-order valence-electron chi connectivity index (χ4n) is 5.05. The lowest BCUT2D eigenvalue weighted by molar-refractivity contribution is -0.139. The normalized spacial score (nSPS) is 14.4. The van der Waals surface area contributed by atoms with E-state index in [0.29, 0.717) is 63.7 Å². The summed E-state index contributed by atoms with van der Waals surface area (Å²) in [6.45, 7) is 3.77. The van der Waals surface area contributed by atoms with Gasteiger partial charge in [-0.1, -0.05) is 68.7 Å². The van der Waals surface area contributed by atoms with Gasteiger partial charge in [-0.3, -0.25) is 9.36 Å². The van der Waals surface area contributed by atoms with E-state index in [4.69, 9.17) is 46.9 Å². The largest absolute Gasteiger partial charge is 0.493 e. The molecule has 5 rings (SSSR count). The van der Waals surface area contributed by atoms with Crippen molar-refractivity contribution >= 4 is 62.5 Å². The third kappa shape index (κ3) is 6.55. The van der Waals surface area contributed by atoms with Crippen LogP contribution >= 0.6 is 50.5 Å². The van der Waals surface area contributed by atoms with Crippen LogP contribution in [0.4, 0.5) is 0 Å². The van der Waals surface area contributed by atoms with E-state index < -0.39 is 12.0 Å². The number of carbonyl (C=O) groups is 1. The van der Waals surface area contributed by atoms with Crippen LogP contribution in [0.5, 0.6) is 23.0 Å². The molecule has 0 spiro atoms. The molecule has 9 nitrogen and oxygen atoms in total. The summed E-state index contributed by atoms with van der Waals surface area (Å²) < 4.78 is 30.7. The summed E-state index contributed by atoms with van der Waals surface area (Å²) in [7, 11) is 4.59. The van der Waals surface area contributed by atoms with Crippen molar-refractivity contribution < 1.29 is 28.5 Å². The minimum Gasteiger partial charge on any atom is -0.493 e. The number of rotatable bonds is 10. The van der Waals surface area contributed by atoms with E-state index in [1.165, 1.54) is 30.1 Å². The highest BCUT2D eigenvalue weighted by molar-refractivity contribution is 9.10. The predicted molar refractivity (Wildman–Crippen MR) is 181 cm³/mol. The zero-order valence-corrected chi connectivity index (χ0v) is 29.4. The Hall–Kier alpha value is -3.77. The minimum absolute atomic E-state index is 0.153. The molecule has 0 radical (unpaired) electrons. The standard InChI is InChI=1S/C33H29BrCl2N2O7S/c1-6-44-32(40)28-17(2)37-33-38(29(28)20-14-25(42-4)26(43-5)15-21(20)34)31(39)27(46-33)13-19-8-7-9-24(41-3)30(19)45-16-18-10-11-22(35)23(36)12-18/h7-15,29H,6,16H2,1-5H3/b27-13-/t29-/m0/s1. The lowest BCUT2D eigenvalue weighted by atomic mass is 9.95. The molecule has 1 aliphatic heterocycles. The number of hydrogen-bond donors (Lipinski definition) is 0. The van der Waals surface area contributed by atoms with E-state index in [1.807, 2.05) is 12.1 Å². The predicted octanol–water partition coefficient (Wildman–Crippen LogP) is 6.47. The second-order valence-corrected chi connectivity index (χ2v) is 12.6.